The summed E-state index contributed by atoms with van der Waals surface area (Å²) in [4.78, 5) is 15.7. The Labute approximate surface area is 96.3 Å². The van der Waals surface area contributed by atoms with Crippen LogP contribution in [0.3, 0.4) is 0 Å². The number of hydrogen-bond acceptors (Lipinski definition) is 2. The Balaban J connectivity index is 2.36. The molecule has 0 aromatic carbocycles. The number of aryl methyl sites for hydroxylation is 1. The summed E-state index contributed by atoms with van der Waals surface area (Å²) in [5, 5.41) is 2.83. The number of carbonyl (C=O) groups excluding carboxylic acids is 1. The van der Waals surface area contributed by atoms with Gasteiger partial charge >= 0.3 is 0 Å². The third-order valence-corrected chi connectivity index (χ3v) is 2.26. The van der Waals surface area contributed by atoms with Gasteiger partial charge in [-0.1, -0.05) is 6.07 Å². The van der Waals surface area contributed by atoms with Crippen molar-refractivity contribution in [2.24, 2.45) is 0 Å². The molecule has 84 valence electrons. The minimum atomic E-state index is -0.112. The highest BCUT2D eigenvalue weighted by Gasteiger charge is 2.08. The van der Waals surface area contributed by atoms with Crippen molar-refractivity contribution in [3.63, 3.8) is 0 Å². The molecule has 0 radical (unpaired) electrons. The molecule has 0 unspecified atom stereocenters. The predicted octanol–water partition coefficient (Wildman–Crippen LogP) is 1.92. The second kappa shape index (κ2) is 6.62. The summed E-state index contributed by atoms with van der Waals surface area (Å²) in [7, 11) is 0. The van der Waals surface area contributed by atoms with E-state index in [0.29, 0.717) is 12.2 Å². The summed E-state index contributed by atoms with van der Waals surface area (Å²) in [5.41, 5.74) is 1.39. The van der Waals surface area contributed by atoms with Gasteiger partial charge in [0.25, 0.3) is 5.91 Å². The lowest BCUT2D eigenvalue weighted by Gasteiger charge is -2.05. The van der Waals surface area contributed by atoms with Gasteiger partial charge in [0.05, 0.1) is 0 Å². The van der Waals surface area contributed by atoms with Crippen LogP contribution in [-0.4, -0.2) is 17.4 Å². The van der Waals surface area contributed by atoms with Crippen LogP contribution in [0.1, 0.15) is 35.3 Å². The molecule has 0 atom stereocenters. The summed E-state index contributed by atoms with van der Waals surface area (Å²) in [6.45, 7) is 2.52. The monoisotopic (exact) mass is 216 g/mol. The maximum atomic E-state index is 11.7. The summed E-state index contributed by atoms with van der Waals surface area (Å²) in [6.07, 6.45) is 9.37. The predicted molar refractivity (Wildman–Crippen MR) is 64.0 cm³/mol. The van der Waals surface area contributed by atoms with Gasteiger partial charge in [0.15, 0.2) is 0 Å². The molecule has 1 aromatic rings. The van der Waals surface area contributed by atoms with Gasteiger partial charge in [-0.15, -0.1) is 12.3 Å². The van der Waals surface area contributed by atoms with Gasteiger partial charge in [0.1, 0.15) is 5.69 Å². The molecule has 0 aliphatic heterocycles. The van der Waals surface area contributed by atoms with Crippen molar-refractivity contribution in [2.75, 3.05) is 6.54 Å². The fourth-order valence-corrected chi connectivity index (χ4v) is 1.36. The molecule has 1 aromatic heterocycles. The molecule has 0 spiro atoms. The average Bonchev–Trinajstić information content (AvgIpc) is 2.29. The number of nitrogens with zero attached hydrogens (tertiary/aromatic N) is 1. The van der Waals surface area contributed by atoms with E-state index in [2.05, 4.69) is 16.2 Å². The molecule has 1 rings (SSSR count). The number of hydrogen-bond donors (Lipinski definition) is 1. The summed E-state index contributed by atoms with van der Waals surface area (Å²) in [5.74, 6) is 2.46. The van der Waals surface area contributed by atoms with E-state index in [-0.39, 0.29) is 5.91 Å². The standard InChI is InChI=1S/C13H16N2O/c1-3-4-5-6-9-15-13(16)12-11(2)8-7-10-14-12/h1,7-8,10H,4-6,9H2,2H3,(H,15,16). The lowest BCUT2D eigenvalue weighted by atomic mass is 10.2. The van der Waals surface area contributed by atoms with Crippen molar-refractivity contribution >= 4 is 5.91 Å². The number of carbonyl (C=O) groups is 1. The number of aromatic nitrogens is 1. The first kappa shape index (κ1) is 12.3. The molecule has 0 aliphatic rings. The van der Waals surface area contributed by atoms with Gasteiger partial charge < -0.3 is 5.32 Å². The van der Waals surface area contributed by atoms with Crippen molar-refractivity contribution in [3.8, 4) is 12.3 Å². The Morgan fingerprint density at radius 3 is 3.06 bits per heavy atom. The largest absolute Gasteiger partial charge is 0.351 e. The molecule has 1 amide bonds. The summed E-state index contributed by atoms with van der Waals surface area (Å²) in [6, 6.07) is 3.69. The molecule has 0 saturated heterocycles. The van der Waals surface area contributed by atoms with Crippen LogP contribution < -0.4 is 5.32 Å². The Morgan fingerprint density at radius 1 is 1.56 bits per heavy atom. The average molecular weight is 216 g/mol. The molecule has 1 N–H and O–H groups in total. The number of terminal acetylenes is 1. The third kappa shape index (κ3) is 3.74. The first-order valence-corrected chi connectivity index (χ1v) is 5.39. The van der Waals surface area contributed by atoms with Gasteiger partial charge in [0, 0.05) is 19.2 Å². The fourth-order valence-electron chi connectivity index (χ4n) is 1.36. The van der Waals surface area contributed by atoms with Crippen molar-refractivity contribution in [3.05, 3.63) is 29.6 Å². The Kier molecular flexibility index (Phi) is 5.07. The molecule has 1 heterocycles. The van der Waals surface area contributed by atoms with Crippen LogP contribution >= 0.6 is 0 Å². The van der Waals surface area contributed by atoms with Crippen molar-refractivity contribution in [2.45, 2.75) is 26.2 Å². The van der Waals surface area contributed by atoms with E-state index in [1.54, 1.807) is 6.20 Å². The zero-order valence-electron chi connectivity index (χ0n) is 9.49. The SMILES string of the molecule is C#CCCCCNC(=O)c1ncccc1C. The van der Waals surface area contributed by atoms with E-state index in [0.717, 1.165) is 24.8 Å². The molecule has 3 nitrogen and oxygen atoms in total. The maximum absolute atomic E-state index is 11.7. The molecule has 0 aliphatic carbocycles. The maximum Gasteiger partial charge on any atom is 0.270 e. The summed E-state index contributed by atoms with van der Waals surface area (Å²) < 4.78 is 0. The quantitative estimate of drug-likeness (QED) is 0.603. The van der Waals surface area contributed by atoms with E-state index in [1.807, 2.05) is 19.1 Å². The van der Waals surface area contributed by atoms with Gasteiger partial charge in [-0.05, 0) is 31.4 Å². The first-order valence-electron chi connectivity index (χ1n) is 5.39. The Bertz CT molecular complexity index is 393. The van der Waals surface area contributed by atoms with Crippen LogP contribution in [0.5, 0.6) is 0 Å². The lowest BCUT2D eigenvalue weighted by Crippen LogP contribution is -2.26. The van der Waals surface area contributed by atoms with Crippen molar-refractivity contribution in [1.82, 2.24) is 10.3 Å². The molecule has 0 saturated carbocycles. The van der Waals surface area contributed by atoms with Crippen LogP contribution in [0.4, 0.5) is 0 Å². The summed E-state index contributed by atoms with van der Waals surface area (Å²) >= 11 is 0. The van der Waals surface area contributed by atoms with Gasteiger partial charge in [-0.3, -0.25) is 9.78 Å². The highest BCUT2D eigenvalue weighted by Crippen LogP contribution is 2.02. The lowest BCUT2D eigenvalue weighted by molar-refractivity contribution is 0.0947. The fraction of sp³-hybridized carbons (Fsp3) is 0.385. The first-order chi connectivity index (χ1) is 7.75. The van der Waals surface area contributed by atoms with E-state index in [4.69, 9.17) is 6.42 Å². The highest BCUT2D eigenvalue weighted by molar-refractivity contribution is 5.93. The van der Waals surface area contributed by atoms with E-state index in [9.17, 15) is 4.79 Å². The normalized spacial score (nSPS) is 9.50. The highest BCUT2D eigenvalue weighted by atomic mass is 16.1. The second-order valence-corrected chi connectivity index (χ2v) is 3.59. The number of unbranched alkanes of at least 4 members (excludes halogenated alkanes) is 2. The molecule has 16 heavy (non-hydrogen) atoms. The number of pyridine rings is 1. The molecule has 3 heteroatoms. The zero-order chi connectivity index (χ0) is 11.8. The minimum absolute atomic E-state index is 0.112. The van der Waals surface area contributed by atoms with Crippen LogP contribution in [-0.2, 0) is 0 Å². The van der Waals surface area contributed by atoms with Gasteiger partial charge in [-0.2, -0.15) is 0 Å². The zero-order valence-corrected chi connectivity index (χ0v) is 9.49. The van der Waals surface area contributed by atoms with Gasteiger partial charge in [-0.25, -0.2) is 0 Å². The topological polar surface area (TPSA) is 42.0 Å². The Morgan fingerprint density at radius 2 is 2.38 bits per heavy atom. The van der Waals surface area contributed by atoms with Crippen LogP contribution in [0.25, 0.3) is 0 Å². The number of amides is 1. The van der Waals surface area contributed by atoms with E-state index >= 15 is 0 Å². The molecular weight excluding hydrogens is 200 g/mol. The van der Waals surface area contributed by atoms with Crippen molar-refractivity contribution in [1.29, 1.82) is 0 Å². The smallest absolute Gasteiger partial charge is 0.270 e. The van der Waals surface area contributed by atoms with E-state index < -0.39 is 0 Å². The molecular formula is C13H16N2O. The third-order valence-electron chi connectivity index (χ3n) is 2.26. The number of rotatable bonds is 5. The van der Waals surface area contributed by atoms with Gasteiger partial charge in [0.2, 0.25) is 0 Å². The number of nitrogens with one attached hydrogen (secondary N) is 1. The van der Waals surface area contributed by atoms with Crippen LogP contribution in [0, 0.1) is 19.3 Å². The molecule has 0 fully saturated rings. The molecule has 0 bridgehead atoms. The minimum Gasteiger partial charge on any atom is -0.351 e. The van der Waals surface area contributed by atoms with Crippen LogP contribution in [0.2, 0.25) is 0 Å². The van der Waals surface area contributed by atoms with E-state index in [1.165, 1.54) is 0 Å². The Hall–Kier alpha value is -1.82. The van der Waals surface area contributed by atoms with Crippen molar-refractivity contribution < 1.29 is 4.79 Å². The second-order valence-electron chi connectivity index (χ2n) is 3.59. The van der Waals surface area contributed by atoms with Crippen LogP contribution in [0.15, 0.2) is 18.3 Å².